The van der Waals surface area contributed by atoms with Crippen molar-refractivity contribution < 1.29 is 13.2 Å². The van der Waals surface area contributed by atoms with Crippen LogP contribution in [0.2, 0.25) is 0 Å². The number of rotatable bonds is 5. The fourth-order valence-electron chi connectivity index (χ4n) is 3.49. The minimum atomic E-state index is -3.48. The molecule has 0 radical (unpaired) electrons. The van der Waals surface area contributed by atoms with Crippen LogP contribution in [0.15, 0.2) is 24.3 Å². The van der Waals surface area contributed by atoms with Gasteiger partial charge < -0.3 is 10.6 Å². The number of carbonyl (C=O) groups is 1. The number of halogens is 1. The second-order valence-electron chi connectivity index (χ2n) is 7.40. The highest BCUT2D eigenvalue weighted by Crippen LogP contribution is 2.29. The zero-order valence-electron chi connectivity index (χ0n) is 15.4. The Bertz CT molecular complexity index is 711. The van der Waals surface area contributed by atoms with Gasteiger partial charge in [0.2, 0.25) is 5.91 Å². The van der Waals surface area contributed by atoms with Crippen LogP contribution in [0.1, 0.15) is 37.8 Å². The molecule has 1 aliphatic rings. The summed E-state index contributed by atoms with van der Waals surface area (Å²) >= 11 is 0. The van der Waals surface area contributed by atoms with E-state index in [9.17, 15) is 13.2 Å². The predicted molar refractivity (Wildman–Crippen MR) is 104 cm³/mol. The number of hydrogen-bond acceptors (Lipinski definition) is 4. The van der Waals surface area contributed by atoms with Gasteiger partial charge in [0.15, 0.2) is 14.6 Å². The summed E-state index contributed by atoms with van der Waals surface area (Å²) in [5.41, 5.74) is 2.05. The van der Waals surface area contributed by atoms with Gasteiger partial charge >= 0.3 is 0 Å². The van der Waals surface area contributed by atoms with E-state index in [0.717, 1.165) is 11.1 Å². The fraction of sp³-hybridized carbons (Fsp3) is 0.611. The van der Waals surface area contributed by atoms with Crippen LogP contribution in [-0.4, -0.2) is 45.0 Å². The molecule has 2 N–H and O–H groups in total. The maximum atomic E-state index is 12.8. The Labute approximate surface area is 157 Å². The normalized spacial score (nSPS) is 17.4. The molecule has 1 heterocycles. The second-order valence-corrected chi connectivity index (χ2v) is 9.72. The Kier molecular flexibility index (Phi) is 7.07. The molecule has 0 spiro atoms. The molecule has 7 heteroatoms. The van der Waals surface area contributed by atoms with Gasteiger partial charge in [0.05, 0.1) is 0 Å². The van der Waals surface area contributed by atoms with Gasteiger partial charge in [0.25, 0.3) is 0 Å². The molecule has 1 saturated heterocycles. The van der Waals surface area contributed by atoms with Gasteiger partial charge in [-0.3, -0.25) is 4.79 Å². The van der Waals surface area contributed by atoms with Crippen LogP contribution in [0.25, 0.3) is 0 Å². The molecule has 2 rings (SSSR count). The first kappa shape index (κ1) is 21.9. The Hall–Kier alpha value is -1.11. The molecular formula is C18H29ClN2O3S. The summed E-state index contributed by atoms with van der Waals surface area (Å²) in [5, 5.41) is 6.05. The molecule has 1 aliphatic heterocycles. The van der Waals surface area contributed by atoms with E-state index >= 15 is 0 Å². The van der Waals surface area contributed by atoms with Gasteiger partial charge in [0.1, 0.15) is 0 Å². The molecule has 25 heavy (non-hydrogen) atoms. The van der Waals surface area contributed by atoms with E-state index in [2.05, 4.69) is 30.5 Å². The molecule has 5 nitrogen and oxygen atoms in total. The van der Waals surface area contributed by atoms with Crippen molar-refractivity contribution in [1.82, 2.24) is 10.6 Å². The van der Waals surface area contributed by atoms with Crippen molar-refractivity contribution in [2.24, 2.45) is 0 Å². The zero-order valence-corrected chi connectivity index (χ0v) is 17.0. The molecule has 0 aliphatic carbocycles. The van der Waals surface area contributed by atoms with E-state index in [1.54, 1.807) is 0 Å². The first-order valence-corrected chi connectivity index (χ1v) is 10.2. The van der Waals surface area contributed by atoms with Crippen molar-refractivity contribution in [2.45, 2.75) is 43.8 Å². The van der Waals surface area contributed by atoms with Crippen LogP contribution in [0.3, 0.4) is 0 Å². The highest BCUT2D eigenvalue weighted by molar-refractivity contribution is 7.92. The molecule has 0 atom stereocenters. The number of benzene rings is 1. The summed E-state index contributed by atoms with van der Waals surface area (Å²) < 4.78 is 23.3. The number of carbonyl (C=O) groups excluding carboxylic acids is 1. The van der Waals surface area contributed by atoms with Crippen LogP contribution in [0.5, 0.6) is 0 Å². The van der Waals surface area contributed by atoms with Crippen LogP contribution >= 0.6 is 12.4 Å². The van der Waals surface area contributed by atoms with Crippen molar-refractivity contribution in [3.8, 4) is 0 Å². The first-order chi connectivity index (χ1) is 11.1. The molecule has 0 unspecified atom stereocenters. The minimum absolute atomic E-state index is 0. The SMILES string of the molecule is Cc1ccccc1C(C)(C)CNC(=O)C1(S(C)(=O)=O)CCNCC1.Cl. The molecule has 0 bridgehead atoms. The number of amides is 1. The molecule has 0 saturated carbocycles. The number of sulfone groups is 1. The lowest BCUT2D eigenvalue weighted by Crippen LogP contribution is -2.58. The van der Waals surface area contributed by atoms with Gasteiger partial charge in [-0.15, -0.1) is 12.4 Å². The van der Waals surface area contributed by atoms with Gasteiger partial charge in [-0.05, 0) is 44.0 Å². The van der Waals surface area contributed by atoms with Crippen molar-refractivity contribution in [2.75, 3.05) is 25.9 Å². The van der Waals surface area contributed by atoms with Gasteiger partial charge in [-0.25, -0.2) is 8.42 Å². The lowest BCUT2D eigenvalue weighted by atomic mass is 9.81. The number of piperidine rings is 1. The highest BCUT2D eigenvalue weighted by atomic mass is 35.5. The Morgan fingerprint density at radius 3 is 2.32 bits per heavy atom. The summed E-state index contributed by atoms with van der Waals surface area (Å²) in [6.45, 7) is 7.66. The summed E-state index contributed by atoms with van der Waals surface area (Å²) in [4.78, 5) is 12.8. The lowest BCUT2D eigenvalue weighted by Gasteiger charge is -2.36. The molecule has 0 aromatic heterocycles. The lowest BCUT2D eigenvalue weighted by molar-refractivity contribution is -0.124. The minimum Gasteiger partial charge on any atom is -0.354 e. The van der Waals surface area contributed by atoms with E-state index < -0.39 is 14.6 Å². The largest absolute Gasteiger partial charge is 0.354 e. The maximum absolute atomic E-state index is 12.8. The fourth-order valence-corrected chi connectivity index (χ4v) is 4.84. The van der Waals surface area contributed by atoms with E-state index in [1.807, 2.05) is 25.1 Å². The van der Waals surface area contributed by atoms with Crippen molar-refractivity contribution in [1.29, 1.82) is 0 Å². The monoisotopic (exact) mass is 388 g/mol. The number of hydrogen-bond donors (Lipinski definition) is 2. The Balaban J connectivity index is 0.00000312. The maximum Gasteiger partial charge on any atom is 0.241 e. The average molecular weight is 389 g/mol. The smallest absolute Gasteiger partial charge is 0.241 e. The van der Waals surface area contributed by atoms with E-state index in [0.29, 0.717) is 32.5 Å². The zero-order chi connectivity index (χ0) is 18.0. The summed E-state index contributed by atoms with van der Waals surface area (Å²) in [6, 6.07) is 8.07. The number of aryl methyl sites for hydroxylation is 1. The topological polar surface area (TPSA) is 75.3 Å². The molecule has 1 aromatic rings. The van der Waals surface area contributed by atoms with Gasteiger partial charge in [0, 0.05) is 18.2 Å². The van der Waals surface area contributed by atoms with Gasteiger partial charge in [-0.1, -0.05) is 38.1 Å². The third-order valence-electron chi connectivity index (χ3n) is 5.10. The van der Waals surface area contributed by atoms with E-state index in [4.69, 9.17) is 0 Å². The van der Waals surface area contributed by atoms with E-state index in [1.165, 1.54) is 6.26 Å². The quantitative estimate of drug-likeness (QED) is 0.808. The van der Waals surface area contributed by atoms with Crippen LogP contribution < -0.4 is 10.6 Å². The highest BCUT2D eigenvalue weighted by Gasteiger charge is 2.48. The summed E-state index contributed by atoms with van der Waals surface area (Å²) in [7, 11) is -3.48. The number of nitrogens with one attached hydrogen (secondary N) is 2. The molecular weight excluding hydrogens is 360 g/mol. The Morgan fingerprint density at radius 1 is 1.24 bits per heavy atom. The molecule has 1 fully saturated rings. The molecule has 142 valence electrons. The van der Waals surface area contributed by atoms with Crippen LogP contribution in [0, 0.1) is 6.92 Å². The van der Waals surface area contributed by atoms with Crippen LogP contribution in [-0.2, 0) is 20.0 Å². The summed E-state index contributed by atoms with van der Waals surface area (Å²) in [6.07, 6.45) is 1.81. The third-order valence-corrected chi connectivity index (χ3v) is 7.11. The van der Waals surface area contributed by atoms with E-state index in [-0.39, 0.29) is 23.7 Å². The first-order valence-electron chi connectivity index (χ1n) is 8.35. The third kappa shape index (κ3) is 4.54. The second kappa shape index (κ2) is 8.06. The predicted octanol–water partition coefficient (Wildman–Crippen LogP) is 1.98. The molecule has 1 aromatic carbocycles. The standard InChI is InChI=1S/C18H28N2O3S.ClH/c1-14-7-5-6-8-15(14)17(2,3)13-20-16(21)18(24(4,22)23)9-11-19-12-10-18;/h5-8,19H,9-13H2,1-4H3,(H,20,21);1H. The van der Waals surface area contributed by atoms with Crippen molar-refractivity contribution in [3.05, 3.63) is 35.4 Å². The van der Waals surface area contributed by atoms with Gasteiger partial charge in [-0.2, -0.15) is 0 Å². The molecule has 1 amide bonds. The average Bonchev–Trinajstić information content (AvgIpc) is 2.52. The van der Waals surface area contributed by atoms with Crippen molar-refractivity contribution >= 4 is 28.2 Å². The van der Waals surface area contributed by atoms with Crippen molar-refractivity contribution in [3.63, 3.8) is 0 Å². The Morgan fingerprint density at radius 2 is 1.80 bits per heavy atom. The van der Waals surface area contributed by atoms with Crippen LogP contribution in [0.4, 0.5) is 0 Å². The summed E-state index contributed by atoms with van der Waals surface area (Å²) in [5.74, 6) is -0.367.